The van der Waals surface area contributed by atoms with Crippen LogP contribution in [-0.4, -0.2) is 36.1 Å². The van der Waals surface area contributed by atoms with Gasteiger partial charge in [0.05, 0.1) is 0 Å². The molecule has 22 heavy (non-hydrogen) atoms. The number of oxazole rings is 1. The van der Waals surface area contributed by atoms with E-state index < -0.39 is 0 Å². The minimum atomic E-state index is 0.411. The van der Waals surface area contributed by atoms with E-state index in [1.54, 1.807) is 0 Å². The number of benzene rings is 1. The van der Waals surface area contributed by atoms with Crippen molar-refractivity contribution in [3.8, 4) is 6.07 Å². The van der Waals surface area contributed by atoms with Gasteiger partial charge in [0.25, 0.3) is 0 Å². The Morgan fingerprint density at radius 3 is 2.55 bits per heavy atom. The molecule has 0 N–H and O–H groups in total. The van der Waals surface area contributed by atoms with Crippen LogP contribution in [-0.2, 0) is 13.0 Å². The Hall–Kier alpha value is -2.32. The Bertz CT molecular complexity index is 651. The monoisotopic (exact) mass is 296 g/mol. The molecule has 2 aromatic rings. The lowest BCUT2D eigenvalue weighted by atomic mass is 10.2. The number of aryl methyl sites for hydroxylation is 1. The predicted molar refractivity (Wildman–Crippen MR) is 84.5 cm³/mol. The van der Waals surface area contributed by atoms with Crippen LogP contribution >= 0.6 is 0 Å². The summed E-state index contributed by atoms with van der Waals surface area (Å²) in [5, 5.41) is 9.20. The third-order valence-electron chi connectivity index (χ3n) is 3.97. The summed E-state index contributed by atoms with van der Waals surface area (Å²) >= 11 is 0. The Morgan fingerprint density at radius 1 is 1.18 bits per heavy atom. The third-order valence-corrected chi connectivity index (χ3v) is 3.97. The standard InChI is InChI=1S/C17H20N4O/c1-2-16-19-15(12-18)17(22-16)21-10-8-20(9-11-21)13-14-6-4-3-5-7-14/h3-7H,2,8-11,13H2,1H3. The van der Waals surface area contributed by atoms with E-state index in [-0.39, 0.29) is 0 Å². The molecule has 0 amide bonds. The zero-order chi connectivity index (χ0) is 15.4. The molecule has 5 heteroatoms. The molecule has 0 saturated carbocycles. The number of aromatic nitrogens is 1. The summed E-state index contributed by atoms with van der Waals surface area (Å²) in [6.07, 6.45) is 0.711. The van der Waals surface area contributed by atoms with Crippen molar-refractivity contribution in [1.82, 2.24) is 9.88 Å². The molecule has 1 fully saturated rings. The molecule has 2 heterocycles. The number of hydrogen-bond donors (Lipinski definition) is 0. The quantitative estimate of drug-likeness (QED) is 0.867. The zero-order valence-corrected chi connectivity index (χ0v) is 12.8. The fraction of sp³-hybridized carbons (Fsp3) is 0.412. The van der Waals surface area contributed by atoms with E-state index in [1.165, 1.54) is 5.56 Å². The van der Waals surface area contributed by atoms with Crippen molar-refractivity contribution in [3.63, 3.8) is 0 Å². The number of rotatable bonds is 4. The van der Waals surface area contributed by atoms with Crippen LogP contribution in [0.2, 0.25) is 0 Å². The van der Waals surface area contributed by atoms with Crippen LogP contribution in [0.3, 0.4) is 0 Å². The van der Waals surface area contributed by atoms with E-state index in [0.717, 1.165) is 32.7 Å². The van der Waals surface area contributed by atoms with E-state index >= 15 is 0 Å². The lowest BCUT2D eigenvalue weighted by Gasteiger charge is -2.34. The molecule has 1 aromatic carbocycles. The van der Waals surface area contributed by atoms with Gasteiger partial charge in [-0.15, -0.1) is 0 Å². The van der Waals surface area contributed by atoms with Crippen molar-refractivity contribution in [1.29, 1.82) is 5.26 Å². The molecule has 0 bridgehead atoms. The van der Waals surface area contributed by atoms with Gasteiger partial charge in [0, 0.05) is 39.1 Å². The van der Waals surface area contributed by atoms with E-state index in [0.29, 0.717) is 23.9 Å². The molecule has 0 atom stereocenters. The van der Waals surface area contributed by atoms with Crippen LogP contribution in [0.15, 0.2) is 34.7 Å². The topological polar surface area (TPSA) is 56.3 Å². The van der Waals surface area contributed by atoms with Gasteiger partial charge in [0.15, 0.2) is 5.89 Å². The fourth-order valence-corrected chi connectivity index (χ4v) is 2.74. The normalized spacial score (nSPS) is 15.7. The lowest BCUT2D eigenvalue weighted by molar-refractivity contribution is 0.245. The van der Waals surface area contributed by atoms with Gasteiger partial charge in [-0.2, -0.15) is 5.26 Å². The molecule has 0 aliphatic carbocycles. The van der Waals surface area contributed by atoms with Crippen LogP contribution in [0.5, 0.6) is 0 Å². The summed E-state index contributed by atoms with van der Waals surface area (Å²) in [4.78, 5) is 8.78. The van der Waals surface area contributed by atoms with Crippen LogP contribution in [0.25, 0.3) is 0 Å². The van der Waals surface area contributed by atoms with E-state index in [2.05, 4.69) is 45.1 Å². The molecular formula is C17H20N4O. The maximum absolute atomic E-state index is 9.20. The Kier molecular flexibility index (Phi) is 4.40. The molecular weight excluding hydrogens is 276 g/mol. The fourth-order valence-electron chi connectivity index (χ4n) is 2.74. The van der Waals surface area contributed by atoms with Crippen molar-refractivity contribution >= 4 is 5.88 Å². The first kappa shape index (κ1) is 14.6. The summed E-state index contributed by atoms with van der Waals surface area (Å²) in [6.45, 7) is 6.59. The van der Waals surface area contributed by atoms with Gasteiger partial charge in [-0.05, 0) is 5.56 Å². The van der Waals surface area contributed by atoms with Crippen LogP contribution < -0.4 is 4.90 Å². The van der Waals surface area contributed by atoms with Crippen molar-refractivity contribution in [2.75, 3.05) is 31.1 Å². The second-order valence-electron chi connectivity index (χ2n) is 5.48. The second kappa shape index (κ2) is 6.63. The second-order valence-corrected chi connectivity index (χ2v) is 5.48. The summed E-state index contributed by atoms with van der Waals surface area (Å²) in [5.74, 6) is 1.27. The van der Waals surface area contributed by atoms with Crippen molar-refractivity contribution in [2.45, 2.75) is 19.9 Å². The molecule has 1 aliphatic heterocycles. The highest BCUT2D eigenvalue weighted by molar-refractivity contribution is 5.48. The Morgan fingerprint density at radius 2 is 1.91 bits per heavy atom. The highest BCUT2D eigenvalue weighted by atomic mass is 16.4. The van der Waals surface area contributed by atoms with Gasteiger partial charge in [-0.25, -0.2) is 4.98 Å². The number of hydrogen-bond acceptors (Lipinski definition) is 5. The highest BCUT2D eigenvalue weighted by Gasteiger charge is 2.23. The lowest BCUT2D eigenvalue weighted by Crippen LogP contribution is -2.46. The maximum Gasteiger partial charge on any atom is 0.234 e. The van der Waals surface area contributed by atoms with Crippen molar-refractivity contribution < 1.29 is 4.42 Å². The molecule has 1 saturated heterocycles. The van der Waals surface area contributed by atoms with Crippen molar-refractivity contribution in [2.24, 2.45) is 0 Å². The van der Waals surface area contributed by atoms with E-state index in [1.807, 2.05) is 13.0 Å². The molecule has 0 spiro atoms. The summed E-state index contributed by atoms with van der Waals surface area (Å²) in [5.41, 5.74) is 1.75. The maximum atomic E-state index is 9.20. The highest BCUT2D eigenvalue weighted by Crippen LogP contribution is 2.23. The van der Waals surface area contributed by atoms with Gasteiger partial charge in [-0.3, -0.25) is 4.90 Å². The van der Waals surface area contributed by atoms with Crippen LogP contribution in [0.4, 0.5) is 5.88 Å². The first-order chi connectivity index (χ1) is 10.8. The first-order valence-electron chi connectivity index (χ1n) is 7.71. The minimum Gasteiger partial charge on any atom is -0.424 e. The minimum absolute atomic E-state index is 0.411. The summed E-state index contributed by atoms with van der Waals surface area (Å²) in [7, 11) is 0. The molecule has 114 valence electrons. The van der Waals surface area contributed by atoms with Gasteiger partial charge in [-0.1, -0.05) is 37.3 Å². The van der Waals surface area contributed by atoms with Gasteiger partial charge < -0.3 is 9.32 Å². The van der Waals surface area contributed by atoms with Crippen LogP contribution in [0.1, 0.15) is 24.1 Å². The van der Waals surface area contributed by atoms with Gasteiger partial charge >= 0.3 is 0 Å². The molecule has 1 aromatic heterocycles. The summed E-state index contributed by atoms with van der Waals surface area (Å²) in [6, 6.07) is 12.6. The largest absolute Gasteiger partial charge is 0.424 e. The van der Waals surface area contributed by atoms with Crippen molar-refractivity contribution in [3.05, 3.63) is 47.5 Å². The smallest absolute Gasteiger partial charge is 0.234 e. The number of anilines is 1. The molecule has 5 nitrogen and oxygen atoms in total. The molecule has 1 aliphatic rings. The van der Waals surface area contributed by atoms with Crippen LogP contribution in [0, 0.1) is 11.3 Å². The molecule has 0 unspecified atom stereocenters. The van der Waals surface area contributed by atoms with Gasteiger partial charge in [0.1, 0.15) is 6.07 Å². The van der Waals surface area contributed by atoms with E-state index in [9.17, 15) is 5.26 Å². The Balaban J connectivity index is 1.62. The first-order valence-corrected chi connectivity index (χ1v) is 7.71. The molecule has 3 rings (SSSR count). The predicted octanol–water partition coefficient (Wildman–Crippen LogP) is 2.43. The zero-order valence-electron chi connectivity index (χ0n) is 12.8. The number of piperazine rings is 1. The Labute approximate surface area is 130 Å². The SMILES string of the molecule is CCc1nc(C#N)c(N2CCN(Cc3ccccc3)CC2)o1. The average Bonchev–Trinajstić information content (AvgIpc) is 3.00. The van der Waals surface area contributed by atoms with Gasteiger partial charge in [0.2, 0.25) is 11.6 Å². The number of nitrogens with zero attached hydrogens (tertiary/aromatic N) is 4. The molecule has 0 radical (unpaired) electrons. The number of nitriles is 1. The summed E-state index contributed by atoms with van der Waals surface area (Å²) < 4.78 is 5.72. The van der Waals surface area contributed by atoms with E-state index in [4.69, 9.17) is 4.42 Å². The third kappa shape index (κ3) is 3.12. The average molecular weight is 296 g/mol.